The lowest BCUT2D eigenvalue weighted by atomic mass is 9.86. The molecule has 1 saturated heterocycles. The van der Waals surface area contributed by atoms with Crippen LogP contribution >= 0.6 is 0 Å². The summed E-state index contributed by atoms with van der Waals surface area (Å²) in [5.74, 6) is 0.534. The van der Waals surface area contributed by atoms with Crippen LogP contribution in [0.4, 0.5) is 4.39 Å². The zero-order valence-electron chi connectivity index (χ0n) is 19.0. The topological polar surface area (TPSA) is 9.23 Å². The van der Waals surface area contributed by atoms with Crippen molar-refractivity contribution in [3.05, 3.63) is 60.2 Å². The maximum atomic E-state index is 14.6. The molecule has 2 aliphatic rings. The molecule has 2 nitrogen and oxygen atoms in total. The minimum atomic E-state index is -1.15. The summed E-state index contributed by atoms with van der Waals surface area (Å²) in [6, 6.07) is 10.5. The van der Waals surface area contributed by atoms with E-state index in [-0.39, 0.29) is 11.1 Å². The van der Waals surface area contributed by atoms with Gasteiger partial charge in [0.2, 0.25) is 0 Å². The Morgan fingerprint density at radius 1 is 1.03 bits per heavy atom. The second-order valence-corrected chi connectivity index (χ2v) is 10.6. The van der Waals surface area contributed by atoms with E-state index in [1.54, 1.807) is 13.8 Å². The van der Waals surface area contributed by atoms with Crippen LogP contribution in [0.2, 0.25) is 0 Å². The Kier molecular flexibility index (Phi) is 6.41. The highest BCUT2D eigenvalue weighted by Crippen LogP contribution is 2.38. The largest absolute Gasteiger partial charge is 0.366 e. The Morgan fingerprint density at radius 3 is 2.21 bits per heavy atom. The van der Waals surface area contributed by atoms with E-state index in [4.69, 9.17) is 4.74 Å². The second-order valence-electron chi connectivity index (χ2n) is 10.6. The van der Waals surface area contributed by atoms with Crippen LogP contribution in [-0.4, -0.2) is 41.9 Å². The lowest BCUT2D eigenvalue weighted by molar-refractivity contribution is -0.979. The van der Waals surface area contributed by atoms with Gasteiger partial charge in [0.1, 0.15) is 12.1 Å². The smallest absolute Gasteiger partial charge is 0.153 e. The number of quaternary nitrogens is 1. The molecule has 1 unspecified atom stereocenters. The molecule has 29 heavy (non-hydrogen) atoms. The first-order valence-electron chi connectivity index (χ1n) is 11.1. The zero-order chi connectivity index (χ0) is 21.2. The van der Waals surface area contributed by atoms with Gasteiger partial charge in [0.15, 0.2) is 5.67 Å². The van der Waals surface area contributed by atoms with Gasteiger partial charge in [-0.15, -0.1) is 0 Å². The zero-order valence-corrected chi connectivity index (χ0v) is 19.0. The Hall–Kier alpha value is -1.45. The van der Waals surface area contributed by atoms with E-state index in [2.05, 4.69) is 75.4 Å². The quantitative estimate of drug-likeness (QED) is 0.518. The number of rotatable bonds is 6. The van der Waals surface area contributed by atoms with Gasteiger partial charge in [0.05, 0.1) is 25.2 Å². The molecule has 1 fully saturated rings. The number of ether oxygens (including phenoxy) is 1. The highest BCUT2D eigenvalue weighted by Gasteiger charge is 2.47. The van der Waals surface area contributed by atoms with Crippen molar-refractivity contribution in [3.63, 3.8) is 0 Å². The molecule has 1 aromatic rings. The summed E-state index contributed by atoms with van der Waals surface area (Å²) in [4.78, 5) is 0. The first-order chi connectivity index (χ1) is 13.6. The molecule has 160 valence electrons. The number of nitrogens with zero attached hydrogens (tertiary/aromatic N) is 1. The van der Waals surface area contributed by atoms with Crippen molar-refractivity contribution in [1.82, 2.24) is 0 Å². The summed E-state index contributed by atoms with van der Waals surface area (Å²) in [5, 5.41) is 0. The molecule has 1 aromatic carbocycles. The highest BCUT2D eigenvalue weighted by atomic mass is 19.1. The minimum absolute atomic E-state index is 0.0529. The predicted molar refractivity (Wildman–Crippen MR) is 119 cm³/mol. The maximum absolute atomic E-state index is 14.6. The van der Waals surface area contributed by atoms with Crippen molar-refractivity contribution in [2.24, 2.45) is 5.92 Å². The molecule has 0 aromatic heterocycles. The van der Waals surface area contributed by atoms with Crippen LogP contribution < -0.4 is 0 Å². The average Bonchev–Trinajstić information content (AvgIpc) is 2.67. The highest BCUT2D eigenvalue weighted by molar-refractivity contribution is 5.32. The number of alkyl halides is 1. The van der Waals surface area contributed by atoms with Crippen molar-refractivity contribution in [2.45, 2.75) is 70.7 Å². The number of hydrogen-bond donors (Lipinski definition) is 0. The molecule has 1 heterocycles. The van der Waals surface area contributed by atoms with Gasteiger partial charge < -0.3 is 9.22 Å². The molecule has 0 radical (unpaired) electrons. The van der Waals surface area contributed by atoms with Crippen molar-refractivity contribution in [1.29, 1.82) is 0 Å². The summed E-state index contributed by atoms with van der Waals surface area (Å²) in [6.07, 6.45) is 11.7. The fraction of sp³-hybridized carbons (Fsp3) is 0.615. The number of benzene rings is 1. The van der Waals surface area contributed by atoms with Crippen molar-refractivity contribution in [3.8, 4) is 0 Å². The second kappa shape index (κ2) is 8.35. The van der Waals surface area contributed by atoms with Crippen LogP contribution in [0, 0.1) is 5.92 Å². The monoisotopic (exact) mass is 400 g/mol. The normalized spacial score (nSPS) is 30.5. The van der Waals surface area contributed by atoms with Crippen molar-refractivity contribution >= 4 is 0 Å². The third-order valence-corrected chi connectivity index (χ3v) is 6.91. The van der Waals surface area contributed by atoms with Crippen LogP contribution in [0.5, 0.6) is 0 Å². The first-order valence-corrected chi connectivity index (χ1v) is 11.1. The molecular weight excluding hydrogens is 361 g/mol. The van der Waals surface area contributed by atoms with Gasteiger partial charge in [-0.05, 0) is 52.2 Å². The van der Waals surface area contributed by atoms with Crippen LogP contribution in [0.25, 0.3) is 0 Å². The van der Waals surface area contributed by atoms with E-state index in [0.717, 1.165) is 43.4 Å². The number of halogens is 1. The van der Waals surface area contributed by atoms with Gasteiger partial charge in [-0.25, -0.2) is 4.39 Å². The molecule has 1 aliphatic heterocycles. The Morgan fingerprint density at radius 2 is 1.69 bits per heavy atom. The third kappa shape index (κ3) is 5.19. The SMILES string of the molecule is CC(C)(F)C[N+]1(C(C)(C)C)CCC(COC2(c3ccccc3)C=CC=CC2)CC1. The fourth-order valence-electron chi connectivity index (χ4n) is 5.06. The molecule has 3 rings (SSSR count). The Bertz CT molecular complexity index is 717. The molecule has 1 aliphatic carbocycles. The predicted octanol–water partition coefficient (Wildman–Crippen LogP) is 6.19. The number of piperidine rings is 1. The molecule has 0 spiro atoms. The lowest BCUT2D eigenvalue weighted by Gasteiger charge is -2.54. The van der Waals surface area contributed by atoms with E-state index in [1.807, 2.05) is 0 Å². The first kappa shape index (κ1) is 22.2. The van der Waals surface area contributed by atoms with Crippen LogP contribution in [0.15, 0.2) is 54.6 Å². The van der Waals surface area contributed by atoms with Gasteiger partial charge >= 0.3 is 0 Å². The molecule has 0 bridgehead atoms. The molecule has 1 atom stereocenters. The van der Waals surface area contributed by atoms with Gasteiger partial charge in [-0.2, -0.15) is 0 Å². The number of allylic oxidation sites excluding steroid dienone is 2. The Labute approximate surface area is 177 Å². The Balaban J connectivity index is 1.67. The van der Waals surface area contributed by atoms with Crippen LogP contribution in [0.1, 0.15) is 59.4 Å². The van der Waals surface area contributed by atoms with Gasteiger partial charge in [-0.3, -0.25) is 0 Å². The standard InChI is InChI=1S/C26H39FNO/c1-24(2,3)28(21-25(4,5)27)18-14-22(15-19-28)20-29-26(16-10-7-11-17-26)23-12-8-6-9-13-23/h6-13,16,22H,14-15,17-21H2,1-5H3/q+1. The molecule has 3 heteroatoms. The summed E-state index contributed by atoms with van der Waals surface area (Å²) in [7, 11) is 0. The van der Waals surface area contributed by atoms with E-state index in [9.17, 15) is 4.39 Å². The summed E-state index contributed by atoms with van der Waals surface area (Å²) < 4.78 is 22.1. The van der Waals surface area contributed by atoms with E-state index in [1.165, 1.54) is 5.56 Å². The van der Waals surface area contributed by atoms with Gasteiger partial charge in [-0.1, -0.05) is 48.6 Å². The van der Waals surface area contributed by atoms with E-state index < -0.39 is 5.67 Å². The number of likely N-dealkylation sites (tertiary alicyclic amines) is 1. The fourth-order valence-corrected chi connectivity index (χ4v) is 5.06. The minimum Gasteiger partial charge on any atom is -0.366 e. The summed E-state index contributed by atoms with van der Waals surface area (Å²) >= 11 is 0. The molecular formula is C26H39FNO+. The van der Waals surface area contributed by atoms with Gasteiger partial charge in [0, 0.05) is 19.3 Å². The lowest BCUT2D eigenvalue weighted by Crippen LogP contribution is -2.66. The number of hydrogen-bond acceptors (Lipinski definition) is 1. The molecule has 0 amide bonds. The summed E-state index contributed by atoms with van der Waals surface area (Å²) in [5.41, 5.74) is -0.232. The van der Waals surface area contributed by atoms with Gasteiger partial charge in [0.25, 0.3) is 0 Å². The molecule has 0 saturated carbocycles. The third-order valence-electron chi connectivity index (χ3n) is 6.91. The van der Waals surface area contributed by atoms with E-state index >= 15 is 0 Å². The maximum Gasteiger partial charge on any atom is 0.153 e. The van der Waals surface area contributed by atoms with Crippen LogP contribution in [-0.2, 0) is 10.3 Å². The summed E-state index contributed by atoms with van der Waals surface area (Å²) in [6.45, 7) is 13.6. The average molecular weight is 401 g/mol. The van der Waals surface area contributed by atoms with E-state index in [0.29, 0.717) is 12.5 Å². The van der Waals surface area contributed by atoms with Crippen molar-refractivity contribution in [2.75, 3.05) is 26.2 Å². The van der Waals surface area contributed by atoms with Crippen LogP contribution in [0.3, 0.4) is 0 Å². The van der Waals surface area contributed by atoms with Crippen molar-refractivity contribution < 1.29 is 13.6 Å². The molecule has 0 N–H and O–H groups in total.